The number of carboxylic acid groups (broad SMARTS) is 2. The van der Waals surface area contributed by atoms with E-state index in [-0.39, 0.29) is 18.2 Å². The van der Waals surface area contributed by atoms with Crippen molar-refractivity contribution in [1.29, 1.82) is 0 Å². The van der Waals surface area contributed by atoms with E-state index in [1.54, 1.807) is 0 Å². The van der Waals surface area contributed by atoms with E-state index in [1.165, 1.54) is 0 Å². The zero-order valence-corrected chi connectivity index (χ0v) is 18.9. The molecule has 1 aromatic rings. The highest BCUT2D eigenvalue weighted by Gasteiger charge is 2.34. The molecule has 0 bridgehead atoms. The number of hydrogen-bond acceptors (Lipinski definition) is 4. The van der Waals surface area contributed by atoms with Crippen LogP contribution >= 0.6 is 0 Å². The number of hydrogen-bond donors (Lipinski definition) is 3. The van der Waals surface area contributed by atoms with Crippen LogP contribution in [0.15, 0.2) is 30.4 Å². The Morgan fingerprint density at radius 2 is 1.67 bits per heavy atom. The van der Waals surface area contributed by atoms with Crippen LogP contribution in [-0.2, 0) is 22.3 Å². The molecular weight excluding hydrogens is 444 g/mol. The number of carbonyl (C=O) groups is 2. The van der Waals surface area contributed by atoms with Gasteiger partial charge in [0.1, 0.15) is 5.82 Å². The number of benzene rings is 1. The summed E-state index contributed by atoms with van der Waals surface area (Å²) in [6.45, 7) is 6.87. The van der Waals surface area contributed by atoms with Gasteiger partial charge in [0.15, 0.2) is 0 Å². The van der Waals surface area contributed by atoms with Crippen LogP contribution < -0.4 is 5.32 Å². The number of rotatable bonds is 9. The van der Waals surface area contributed by atoms with Gasteiger partial charge >= 0.3 is 18.1 Å². The molecule has 0 amide bonds. The maximum absolute atomic E-state index is 13.6. The lowest BCUT2D eigenvalue weighted by molar-refractivity contribution is -0.138. The van der Waals surface area contributed by atoms with E-state index in [2.05, 4.69) is 24.1 Å². The van der Waals surface area contributed by atoms with Crippen molar-refractivity contribution in [2.24, 2.45) is 5.92 Å². The number of nitrogens with one attached hydrogen (secondary N) is 1. The SMILES string of the molecule is CCC(CC)CN(Cc1cc(F)ccc1C(F)(F)F)C1CCNCC1.O=C(O)/C=C/C(=O)O. The summed E-state index contributed by atoms with van der Waals surface area (Å²) in [5, 5.41) is 18.9. The zero-order valence-electron chi connectivity index (χ0n) is 18.9. The number of alkyl halides is 3. The average Bonchev–Trinajstić information content (AvgIpc) is 2.75. The summed E-state index contributed by atoms with van der Waals surface area (Å²) in [5.74, 6) is -2.69. The van der Waals surface area contributed by atoms with E-state index in [9.17, 15) is 27.2 Å². The number of aliphatic carboxylic acids is 2. The van der Waals surface area contributed by atoms with Crippen LogP contribution in [0.4, 0.5) is 17.6 Å². The third kappa shape index (κ3) is 10.8. The molecule has 1 saturated heterocycles. The summed E-state index contributed by atoms with van der Waals surface area (Å²) < 4.78 is 53.6. The van der Waals surface area contributed by atoms with E-state index >= 15 is 0 Å². The lowest BCUT2D eigenvalue weighted by Crippen LogP contribution is -2.44. The average molecular weight is 477 g/mol. The molecule has 186 valence electrons. The van der Waals surface area contributed by atoms with Crippen molar-refractivity contribution in [2.75, 3.05) is 19.6 Å². The Hall–Kier alpha value is -2.46. The predicted octanol–water partition coefficient (Wildman–Crippen LogP) is 4.55. The van der Waals surface area contributed by atoms with Crippen LogP contribution in [0.3, 0.4) is 0 Å². The molecule has 1 aromatic carbocycles. The highest BCUT2D eigenvalue weighted by Crippen LogP contribution is 2.33. The second-order valence-corrected chi connectivity index (χ2v) is 7.90. The topological polar surface area (TPSA) is 89.9 Å². The zero-order chi connectivity index (χ0) is 25.0. The van der Waals surface area contributed by atoms with Crippen molar-refractivity contribution < 1.29 is 37.4 Å². The lowest BCUT2D eigenvalue weighted by atomic mass is 9.97. The molecule has 2 rings (SSSR count). The van der Waals surface area contributed by atoms with Gasteiger partial charge < -0.3 is 15.5 Å². The molecule has 33 heavy (non-hydrogen) atoms. The number of carboxylic acids is 2. The summed E-state index contributed by atoms with van der Waals surface area (Å²) in [6.07, 6.45) is 0.469. The summed E-state index contributed by atoms with van der Waals surface area (Å²) in [5.41, 5.74) is -0.686. The Morgan fingerprint density at radius 3 is 2.12 bits per heavy atom. The van der Waals surface area contributed by atoms with Crippen LogP contribution in [-0.4, -0.2) is 52.7 Å². The van der Waals surface area contributed by atoms with Crippen molar-refractivity contribution in [3.05, 3.63) is 47.3 Å². The van der Waals surface area contributed by atoms with Gasteiger partial charge in [-0.2, -0.15) is 13.2 Å². The van der Waals surface area contributed by atoms with Gasteiger partial charge in [0.05, 0.1) is 5.56 Å². The fourth-order valence-electron chi connectivity index (χ4n) is 3.72. The first kappa shape index (κ1) is 28.6. The highest BCUT2D eigenvalue weighted by molar-refractivity contribution is 5.89. The van der Waals surface area contributed by atoms with Gasteiger partial charge in [-0.25, -0.2) is 14.0 Å². The Bertz CT molecular complexity index is 773. The van der Waals surface area contributed by atoms with E-state index in [0.717, 1.165) is 63.5 Å². The van der Waals surface area contributed by atoms with Crippen molar-refractivity contribution >= 4 is 11.9 Å². The monoisotopic (exact) mass is 476 g/mol. The summed E-state index contributed by atoms with van der Waals surface area (Å²) in [4.78, 5) is 21.2. The van der Waals surface area contributed by atoms with Crippen LogP contribution in [0.2, 0.25) is 0 Å². The van der Waals surface area contributed by atoms with Crippen LogP contribution in [0.1, 0.15) is 50.7 Å². The molecule has 0 aliphatic carbocycles. The Balaban J connectivity index is 0.000000582. The van der Waals surface area contributed by atoms with E-state index in [0.29, 0.717) is 18.1 Å². The van der Waals surface area contributed by atoms with Gasteiger partial charge in [-0.3, -0.25) is 4.90 Å². The molecule has 1 aliphatic rings. The van der Waals surface area contributed by atoms with Gasteiger partial charge in [0.25, 0.3) is 0 Å². The second-order valence-electron chi connectivity index (χ2n) is 7.90. The van der Waals surface area contributed by atoms with Gasteiger partial charge in [-0.05, 0) is 55.6 Å². The van der Waals surface area contributed by atoms with Crippen molar-refractivity contribution in [3.63, 3.8) is 0 Å². The van der Waals surface area contributed by atoms with Crippen LogP contribution in [0.25, 0.3) is 0 Å². The highest BCUT2D eigenvalue weighted by atomic mass is 19.4. The quantitative estimate of drug-likeness (QED) is 0.358. The maximum atomic E-state index is 13.6. The molecule has 0 aromatic heterocycles. The van der Waals surface area contributed by atoms with Gasteiger partial charge in [-0.15, -0.1) is 0 Å². The summed E-state index contributed by atoms with van der Waals surface area (Å²) in [7, 11) is 0. The molecule has 0 unspecified atom stereocenters. The van der Waals surface area contributed by atoms with Gasteiger partial charge in [0, 0.05) is 31.3 Å². The minimum absolute atomic E-state index is 0.0389. The van der Waals surface area contributed by atoms with E-state index < -0.39 is 29.5 Å². The summed E-state index contributed by atoms with van der Waals surface area (Å²) >= 11 is 0. The predicted molar refractivity (Wildman–Crippen MR) is 116 cm³/mol. The fraction of sp³-hybridized carbons (Fsp3) is 0.565. The maximum Gasteiger partial charge on any atom is 0.416 e. The minimum atomic E-state index is -4.46. The molecule has 1 aliphatic heterocycles. The van der Waals surface area contributed by atoms with Crippen molar-refractivity contribution in [3.8, 4) is 0 Å². The molecule has 0 atom stereocenters. The molecule has 10 heteroatoms. The minimum Gasteiger partial charge on any atom is -0.478 e. The molecule has 0 saturated carbocycles. The number of piperidine rings is 1. The van der Waals surface area contributed by atoms with Crippen LogP contribution in [0, 0.1) is 11.7 Å². The largest absolute Gasteiger partial charge is 0.478 e. The third-order valence-electron chi connectivity index (χ3n) is 5.59. The number of halogens is 4. The molecule has 1 heterocycles. The van der Waals surface area contributed by atoms with Gasteiger partial charge in [-0.1, -0.05) is 26.7 Å². The molecule has 0 spiro atoms. The van der Waals surface area contributed by atoms with Crippen molar-refractivity contribution in [1.82, 2.24) is 10.2 Å². The van der Waals surface area contributed by atoms with Crippen molar-refractivity contribution in [2.45, 2.75) is 58.3 Å². The Kier molecular flexibility index (Phi) is 12.1. The first-order chi connectivity index (χ1) is 15.5. The first-order valence-electron chi connectivity index (χ1n) is 10.9. The molecule has 0 radical (unpaired) electrons. The lowest BCUT2D eigenvalue weighted by Gasteiger charge is -2.37. The van der Waals surface area contributed by atoms with Crippen LogP contribution in [0.5, 0.6) is 0 Å². The first-order valence-corrected chi connectivity index (χ1v) is 10.9. The molecule has 6 nitrogen and oxygen atoms in total. The molecule has 1 fully saturated rings. The second kappa shape index (κ2) is 13.9. The third-order valence-corrected chi connectivity index (χ3v) is 5.59. The van der Waals surface area contributed by atoms with E-state index in [1.807, 2.05) is 0 Å². The Labute approximate surface area is 191 Å². The summed E-state index contributed by atoms with van der Waals surface area (Å²) in [6, 6.07) is 3.04. The standard InChI is InChI=1S/C19H28F4N2.C4H4O4/c1-3-14(4-2)12-25(17-7-9-24-10-8-17)13-15-11-16(20)5-6-18(15)19(21,22)23;5-3(6)1-2-4(7)8/h5-6,11,14,17,24H,3-4,7-10,12-13H2,1-2H3;1-2H,(H,5,6)(H,7,8)/b;2-1+. The van der Waals surface area contributed by atoms with Gasteiger partial charge in [0.2, 0.25) is 0 Å². The molecular formula is C23H32F4N2O4. The van der Waals surface area contributed by atoms with E-state index in [4.69, 9.17) is 10.2 Å². The fourth-order valence-corrected chi connectivity index (χ4v) is 3.72. The Morgan fingerprint density at radius 1 is 1.12 bits per heavy atom. The normalized spacial score (nSPS) is 15.0. The molecule has 3 N–H and O–H groups in total. The smallest absolute Gasteiger partial charge is 0.416 e. The number of nitrogens with zero attached hydrogens (tertiary/aromatic N) is 1.